The molecule has 1 aromatic rings. The van der Waals surface area contributed by atoms with Crippen molar-refractivity contribution < 1.29 is 9.53 Å². The summed E-state index contributed by atoms with van der Waals surface area (Å²) in [6.45, 7) is 1.38. The van der Waals surface area contributed by atoms with Crippen LogP contribution in [0.2, 0.25) is 4.47 Å². The lowest BCUT2D eigenvalue weighted by molar-refractivity contribution is 0.0586. The third kappa shape index (κ3) is 2.69. The quantitative estimate of drug-likeness (QED) is 0.826. The summed E-state index contributed by atoms with van der Waals surface area (Å²) in [5.74, 6) is -0.153. The zero-order valence-electron chi connectivity index (χ0n) is 8.85. The third-order valence-corrected chi connectivity index (χ3v) is 3.44. The van der Waals surface area contributed by atoms with Crippen LogP contribution in [-0.4, -0.2) is 47.3 Å². The molecule has 1 aliphatic rings. The molecule has 1 amide bonds. The average Bonchev–Trinajstić information content (AvgIpc) is 2.88. The van der Waals surface area contributed by atoms with Gasteiger partial charge in [0.2, 0.25) is 9.47 Å². The Morgan fingerprint density at radius 2 is 2.50 bits per heavy atom. The van der Waals surface area contributed by atoms with E-state index in [-0.39, 0.29) is 16.5 Å². The Balaban J connectivity index is 1.93. The topological polar surface area (TPSA) is 55.3 Å². The summed E-state index contributed by atoms with van der Waals surface area (Å²) in [6, 6.07) is 0. The summed E-state index contributed by atoms with van der Waals surface area (Å²) in [7, 11) is 1.74. The van der Waals surface area contributed by atoms with Gasteiger partial charge in [0.1, 0.15) is 0 Å². The van der Waals surface area contributed by atoms with Gasteiger partial charge in [0.05, 0.1) is 6.10 Å². The van der Waals surface area contributed by atoms with E-state index in [0.717, 1.165) is 30.8 Å². The number of nitrogens with zero attached hydrogens (tertiary/aromatic N) is 3. The molecule has 2 rings (SSSR count). The van der Waals surface area contributed by atoms with E-state index in [9.17, 15) is 4.79 Å². The first-order chi connectivity index (χ1) is 7.66. The van der Waals surface area contributed by atoms with Crippen molar-refractivity contribution in [3.05, 3.63) is 9.47 Å². The molecule has 0 saturated carbocycles. The highest BCUT2D eigenvalue weighted by atomic mass is 35.5. The molecule has 0 aromatic carbocycles. The fraction of sp³-hybridized carbons (Fsp3) is 0.667. The summed E-state index contributed by atoms with van der Waals surface area (Å²) >= 11 is 6.72. The number of likely N-dealkylation sites (N-methyl/N-ethyl adjacent to an activating group) is 1. The highest BCUT2D eigenvalue weighted by Crippen LogP contribution is 2.18. The predicted molar refractivity (Wildman–Crippen MR) is 60.9 cm³/mol. The van der Waals surface area contributed by atoms with Gasteiger partial charge in [-0.2, -0.15) is 0 Å². The molecule has 1 saturated heterocycles. The van der Waals surface area contributed by atoms with Crippen molar-refractivity contribution in [1.82, 2.24) is 15.1 Å². The molecule has 1 aromatic heterocycles. The van der Waals surface area contributed by atoms with E-state index in [1.807, 2.05) is 0 Å². The summed E-state index contributed by atoms with van der Waals surface area (Å²) < 4.78 is 5.75. The second-order valence-corrected chi connectivity index (χ2v) is 5.24. The van der Waals surface area contributed by atoms with E-state index in [1.165, 1.54) is 0 Å². The summed E-state index contributed by atoms with van der Waals surface area (Å²) in [6.07, 6.45) is 2.23. The summed E-state index contributed by atoms with van der Waals surface area (Å²) in [5, 5.41) is 7.65. The number of rotatable bonds is 3. The van der Waals surface area contributed by atoms with Crippen LogP contribution in [0.4, 0.5) is 0 Å². The van der Waals surface area contributed by atoms with E-state index >= 15 is 0 Å². The van der Waals surface area contributed by atoms with Crippen LogP contribution in [0.5, 0.6) is 0 Å². The third-order valence-electron chi connectivity index (χ3n) is 2.43. The number of carbonyl (C=O) groups is 1. The molecule has 1 aliphatic heterocycles. The minimum atomic E-state index is -0.153. The van der Waals surface area contributed by atoms with Gasteiger partial charge in [-0.1, -0.05) is 11.3 Å². The Kier molecular flexibility index (Phi) is 3.73. The lowest BCUT2D eigenvalue weighted by Crippen LogP contribution is -2.34. The lowest BCUT2D eigenvalue weighted by Gasteiger charge is -2.19. The van der Waals surface area contributed by atoms with Crippen LogP contribution in [0, 0.1) is 0 Å². The molecule has 7 heteroatoms. The molecular weight excluding hydrogens is 250 g/mol. The average molecular weight is 262 g/mol. The SMILES string of the molecule is CN(CC1CCCO1)C(=O)c1nnc(Cl)s1. The van der Waals surface area contributed by atoms with Gasteiger partial charge in [0.25, 0.3) is 5.91 Å². The molecule has 0 radical (unpaired) electrons. The van der Waals surface area contributed by atoms with Crippen molar-refractivity contribution in [3.8, 4) is 0 Å². The normalized spacial score (nSPS) is 20.0. The van der Waals surface area contributed by atoms with Crippen LogP contribution in [0.25, 0.3) is 0 Å². The van der Waals surface area contributed by atoms with Crippen molar-refractivity contribution in [2.75, 3.05) is 20.2 Å². The van der Waals surface area contributed by atoms with Crippen LogP contribution in [-0.2, 0) is 4.74 Å². The molecule has 0 N–H and O–H groups in total. The molecule has 2 heterocycles. The van der Waals surface area contributed by atoms with Gasteiger partial charge in [0, 0.05) is 20.2 Å². The van der Waals surface area contributed by atoms with Crippen LogP contribution >= 0.6 is 22.9 Å². The Labute approximate surface area is 102 Å². The zero-order chi connectivity index (χ0) is 11.5. The van der Waals surface area contributed by atoms with Gasteiger partial charge in [-0.05, 0) is 24.4 Å². The fourth-order valence-corrected chi connectivity index (χ4v) is 2.45. The monoisotopic (exact) mass is 261 g/mol. The summed E-state index contributed by atoms with van der Waals surface area (Å²) in [4.78, 5) is 13.5. The second-order valence-electron chi connectivity index (χ2n) is 3.68. The van der Waals surface area contributed by atoms with Crippen molar-refractivity contribution in [2.45, 2.75) is 18.9 Å². The molecular formula is C9H12ClN3O2S. The zero-order valence-corrected chi connectivity index (χ0v) is 10.4. The maximum atomic E-state index is 11.9. The van der Waals surface area contributed by atoms with Crippen molar-refractivity contribution in [2.24, 2.45) is 0 Å². The number of hydrogen-bond donors (Lipinski definition) is 0. The maximum absolute atomic E-state index is 11.9. The number of aromatic nitrogens is 2. The predicted octanol–water partition coefficient (Wildman–Crippen LogP) is 1.44. The molecule has 5 nitrogen and oxygen atoms in total. The Bertz CT molecular complexity index is 379. The van der Waals surface area contributed by atoms with Crippen LogP contribution in [0.1, 0.15) is 22.6 Å². The molecule has 16 heavy (non-hydrogen) atoms. The standard InChI is InChI=1S/C9H12ClN3O2S/c1-13(5-6-3-2-4-15-6)8(14)7-11-12-9(10)16-7/h6H,2-5H2,1H3. The molecule has 88 valence electrons. The first-order valence-electron chi connectivity index (χ1n) is 5.03. The van der Waals surface area contributed by atoms with Crippen molar-refractivity contribution >= 4 is 28.8 Å². The molecule has 0 aliphatic carbocycles. The maximum Gasteiger partial charge on any atom is 0.284 e. The van der Waals surface area contributed by atoms with E-state index in [2.05, 4.69) is 10.2 Å². The minimum absolute atomic E-state index is 0.150. The number of hydrogen-bond acceptors (Lipinski definition) is 5. The van der Waals surface area contributed by atoms with E-state index in [4.69, 9.17) is 16.3 Å². The van der Waals surface area contributed by atoms with Crippen LogP contribution in [0.3, 0.4) is 0 Å². The smallest absolute Gasteiger partial charge is 0.284 e. The van der Waals surface area contributed by atoms with Crippen LogP contribution in [0.15, 0.2) is 0 Å². The Hall–Kier alpha value is -0.720. The number of amides is 1. The van der Waals surface area contributed by atoms with E-state index < -0.39 is 0 Å². The number of ether oxygens (including phenoxy) is 1. The van der Waals surface area contributed by atoms with Gasteiger partial charge in [-0.3, -0.25) is 4.79 Å². The minimum Gasteiger partial charge on any atom is -0.376 e. The van der Waals surface area contributed by atoms with Gasteiger partial charge in [-0.25, -0.2) is 0 Å². The summed E-state index contributed by atoms with van der Waals surface area (Å²) in [5.41, 5.74) is 0. The highest BCUT2D eigenvalue weighted by molar-refractivity contribution is 7.17. The first kappa shape index (κ1) is 11.8. The van der Waals surface area contributed by atoms with Crippen molar-refractivity contribution in [1.29, 1.82) is 0 Å². The second kappa shape index (κ2) is 5.07. The number of halogens is 1. The van der Waals surface area contributed by atoms with Gasteiger partial charge in [0.15, 0.2) is 0 Å². The van der Waals surface area contributed by atoms with Gasteiger partial charge in [-0.15, -0.1) is 10.2 Å². The number of carbonyl (C=O) groups excluding carboxylic acids is 1. The molecule has 1 fully saturated rings. The molecule has 1 atom stereocenters. The van der Waals surface area contributed by atoms with Crippen molar-refractivity contribution in [3.63, 3.8) is 0 Å². The van der Waals surface area contributed by atoms with Gasteiger partial charge >= 0.3 is 0 Å². The Morgan fingerprint density at radius 3 is 3.06 bits per heavy atom. The highest BCUT2D eigenvalue weighted by Gasteiger charge is 2.22. The Morgan fingerprint density at radius 1 is 1.69 bits per heavy atom. The van der Waals surface area contributed by atoms with Crippen LogP contribution < -0.4 is 0 Å². The van der Waals surface area contributed by atoms with Gasteiger partial charge < -0.3 is 9.64 Å². The molecule has 1 unspecified atom stereocenters. The van der Waals surface area contributed by atoms with E-state index in [1.54, 1.807) is 11.9 Å². The first-order valence-corrected chi connectivity index (χ1v) is 6.22. The lowest BCUT2D eigenvalue weighted by atomic mass is 10.2. The fourth-order valence-electron chi connectivity index (χ4n) is 1.63. The van der Waals surface area contributed by atoms with E-state index in [0.29, 0.717) is 11.6 Å². The molecule has 0 spiro atoms. The molecule has 0 bridgehead atoms. The largest absolute Gasteiger partial charge is 0.376 e.